The fraction of sp³-hybridized carbons (Fsp3) is 0.250. The van der Waals surface area contributed by atoms with Gasteiger partial charge in [-0.05, 0) is 0 Å². The predicted molar refractivity (Wildman–Crippen MR) is 61.1 cm³/mol. The van der Waals surface area contributed by atoms with E-state index in [0.29, 0.717) is 12.1 Å². The van der Waals surface area contributed by atoms with Crippen LogP contribution in [0.2, 0.25) is 0 Å². The maximum absolute atomic E-state index is 13.3. The van der Waals surface area contributed by atoms with E-state index in [1.165, 1.54) is 0 Å². The Morgan fingerprint density at radius 3 is 2.50 bits per heavy atom. The fourth-order valence-corrected chi connectivity index (χ4v) is 2.54. The normalized spacial score (nSPS) is 11.3. The third-order valence-electron chi connectivity index (χ3n) is 1.83. The van der Waals surface area contributed by atoms with Crippen molar-refractivity contribution in [2.45, 2.75) is 0 Å². The van der Waals surface area contributed by atoms with Crippen LogP contribution in [0.5, 0.6) is 0 Å². The first-order valence-corrected chi connectivity index (χ1v) is 6.65. The lowest BCUT2D eigenvalue weighted by Crippen LogP contribution is -2.19. The molecule has 1 aromatic carbocycles. The second-order valence-corrected chi connectivity index (χ2v) is 5.37. The molecule has 0 saturated carbocycles. The van der Waals surface area contributed by atoms with Crippen molar-refractivity contribution in [1.82, 2.24) is 0 Å². The lowest BCUT2D eigenvalue weighted by Gasteiger charge is -2.08. The number of hydrogen-bond donors (Lipinski definition) is 1. The smallest absolute Gasteiger partial charge is 0.275 e. The zero-order chi connectivity index (χ0) is 13.9. The van der Waals surface area contributed by atoms with E-state index in [0.717, 1.165) is 0 Å². The van der Waals surface area contributed by atoms with Gasteiger partial charge in [0.2, 0.25) is 10.0 Å². The number of alkyl halides is 1. The Bertz CT molecular complexity index is 579. The molecule has 0 fully saturated rings. The van der Waals surface area contributed by atoms with Gasteiger partial charge >= 0.3 is 0 Å². The summed E-state index contributed by atoms with van der Waals surface area (Å²) in [5.74, 6) is -3.38. The summed E-state index contributed by atoms with van der Waals surface area (Å²) < 4.78 is 50.5. The summed E-state index contributed by atoms with van der Waals surface area (Å²) >= 11 is 5.21. The molecule has 0 aromatic heterocycles. The Hall–Kier alpha value is -1.48. The van der Waals surface area contributed by atoms with Crippen LogP contribution in [-0.2, 0) is 10.0 Å². The molecule has 0 spiro atoms. The molecule has 1 rings (SSSR count). The van der Waals surface area contributed by atoms with Crippen molar-refractivity contribution in [1.29, 1.82) is 0 Å². The number of nitrogens with zero attached hydrogens (tertiary/aromatic N) is 1. The van der Waals surface area contributed by atoms with E-state index in [9.17, 15) is 27.3 Å². The van der Waals surface area contributed by atoms with Crippen LogP contribution >= 0.6 is 11.6 Å². The average molecular weight is 301 g/mol. The largest absolute Gasteiger partial charge is 0.299 e. The molecular weight excluding hydrogens is 294 g/mol. The van der Waals surface area contributed by atoms with Gasteiger partial charge in [-0.25, -0.2) is 17.2 Å². The van der Waals surface area contributed by atoms with Gasteiger partial charge in [-0.3, -0.25) is 14.8 Å². The Morgan fingerprint density at radius 1 is 1.39 bits per heavy atom. The van der Waals surface area contributed by atoms with Gasteiger partial charge in [0.15, 0.2) is 11.5 Å². The minimum absolute atomic E-state index is 0.272. The van der Waals surface area contributed by atoms with Crippen molar-refractivity contribution in [2.75, 3.05) is 16.4 Å². The first kappa shape index (κ1) is 14.6. The maximum atomic E-state index is 13.3. The van der Waals surface area contributed by atoms with E-state index < -0.39 is 43.7 Å². The van der Waals surface area contributed by atoms with Crippen molar-refractivity contribution in [3.63, 3.8) is 0 Å². The molecule has 6 nitrogen and oxygen atoms in total. The zero-order valence-electron chi connectivity index (χ0n) is 8.69. The highest BCUT2D eigenvalue weighted by Gasteiger charge is 2.24. The molecule has 0 saturated heterocycles. The van der Waals surface area contributed by atoms with E-state index in [2.05, 4.69) is 0 Å². The third-order valence-corrected chi connectivity index (χ3v) is 3.50. The molecule has 1 N–H and O–H groups in total. The van der Waals surface area contributed by atoms with Gasteiger partial charge in [0.05, 0.1) is 16.7 Å². The quantitative estimate of drug-likeness (QED) is 0.510. The van der Waals surface area contributed by atoms with E-state index in [1.54, 1.807) is 4.72 Å². The molecule has 0 unspecified atom stereocenters. The highest BCUT2D eigenvalue weighted by molar-refractivity contribution is 7.92. The van der Waals surface area contributed by atoms with Gasteiger partial charge in [-0.1, -0.05) is 0 Å². The van der Waals surface area contributed by atoms with Gasteiger partial charge in [0.25, 0.3) is 5.69 Å². The van der Waals surface area contributed by atoms with Gasteiger partial charge in [0, 0.05) is 11.9 Å². The summed E-state index contributed by atoms with van der Waals surface area (Å²) in [5, 5.41) is 10.6. The molecule has 1 aromatic rings. The lowest BCUT2D eigenvalue weighted by molar-refractivity contribution is -0.384. The van der Waals surface area contributed by atoms with Crippen LogP contribution in [0.1, 0.15) is 0 Å². The minimum Gasteiger partial charge on any atom is -0.275 e. The van der Waals surface area contributed by atoms with Crippen LogP contribution in [0.25, 0.3) is 0 Å². The van der Waals surface area contributed by atoms with Crippen LogP contribution in [0.15, 0.2) is 12.1 Å². The number of halogens is 3. The minimum atomic E-state index is -4.02. The highest BCUT2D eigenvalue weighted by atomic mass is 35.5. The average Bonchev–Trinajstić information content (AvgIpc) is 2.21. The van der Waals surface area contributed by atoms with Gasteiger partial charge in [-0.15, -0.1) is 11.6 Å². The van der Waals surface area contributed by atoms with Crippen molar-refractivity contribution < 1.29 is 22.1 Å². The molecule has 0 amide bonds. The second-order valence-electron chi connectivity index (χ2n) is 3.15. The first-order chi connectivity index (χ1) is 8.26. The molecule has 0 aliphatic rings. The van der Waals surface area contributed by atoms with Crippen molar-refractivity contribution in [3.8, 4) is 0 Å². The molecule has 0 aliphatic heterocycles. The lowest BCUT2D eigenvalue weighted by atomic mass is 10.2. The standard InChI is InChI=1S/C8H7ClF2N2O4S/c9-1-2-18(16,17)12-8-6(11)3-5(10)4-7(8)13(14)15/h3-4,12H,1-2H2. The van der Waals surface area contributed by atoms with Crippen LogP contribution in [-0.4, -0.2) is 25.0 Å². The Balaban J connectivity index is 3.28. The number of sulfonamides is 1. The Morgan fingerprint density at radius 2 is 2.00 bits per heavy atom. The molecule has 10 heteroatoms. The van der Waals surface area contributed by atoms with Crippen LogP contribution < -0.4 is 4.72 Å². The summed E-state index contributed by atoms with van der Waals surface area (Å²) in [4.78, 5) is 9.49. The summed E-state index contributed by atoms with van der Waals surface area (Å²) in [5.41, 5.74) is -1.92. The highest BCUT2D eigenvalue weighted by Crippen LogP contribution is 2.29. The number of hydrogen-bond acceptors (Lipinski definition) is 4. The van der Waals surface area contributed by atoms with Crippen molar-refractivity contribution >= 4 is 33.0 Å². The number of nitrogens with one attached hydrogen (secondary N) is 1. The second kappa shape index (κ2) is 5.44. The number of rotatable bonds is 5. The van der Waals surface area contributed by atoms with E-state index >= 15 is 0 Å². The van der Waals surface area contributed by atoms with E-state index in [-0.39, 0.29) is 5.88 Å². The monoisotopic (exact) mass is 300 g/mol. The number of anilines is 1. The molecule has 18 heavy (non-hydrogen) atoms. The predicted octanol–water partition coefficient (Wildman–Crippen LogP) is 1.85. The fourth-order valence-electron chi connectivity index (χ4n) is 1.11. The SMILES string of the molecule is O=[N+]([O-])c1cc(F)cc(F)c1NS(=O)(=O)CCCl. The number of benzene rings is 1. The van der Waals surface area contributed by atoms with Crippen molar-refractivity contribution in [2.24, 2.45) is 0 Å². The van der Waals surface area contributed by atoms with Crippen LogP contribution in [0.4, 0.5) is 20.2 Å². The summed E-state index contributed by atoms with van der Waals surface area (Å²) in [7, 11) is -4.02. The molecule has 0 heterocycles. The Labute approximate surface area is 106 Å². The zero-order valence-corrected chi connectivity index (χ0v) is 10.3. The van der Waals surface area contributed by atoms with E-state index in [4.69, 9.17) is 11.6 Å². The molecular formula is C8H7ClF2N2O4S. The van der Waals surface area contributed by atoms with Gasteiger partial charge < -0.3 is 0 Å². The molecule has 0 atom stereocenters. The topological polar surface area (TPSA) is 89.3 Å². The summed E-state index contributed by atoms with van der Waals surface area (Å²) in [6.07, 6.45) is 0. The van der Waals surface area contributed by atoms with Crippen LogP contribution in [0, 0.1) is 21.7 Å². The summed E-state index contributed by atoms with van der Waals surface area (Å²) in [6.45, 7) is 0. The molecule has 0 aliphatic carbocycles. The maximum Gasteiger partial charge on any atom is 0.299 e. The third kappa shape index (κ3) is 3.50. The first-order valence-electron chi connectivity index (χ1n) is 4.46. The molecule has 0 bridgehead atoms. The number of nitro groups is 1. The van der Waals surface area contributed by atoms with Crippen molar-refractivity contribution in [3.05, 3.63) is 33.9 Å². The van der Waals surface area contributed by atoms with E-state index in [1.807, 2.05) is 0 Å². The summed E-state index contributed by atoms with van der Waals surface area (Å²) in [6, 6.07) is 0.757. The number of nitro benzene ring substituents is 1. The molecule has 100 valence electrons. The van der Waals surface area contributed by atoms with Crippen LogP contribution in [0.3, 0.4) is 0 Å². The Kier molecular flexibility index (Phi) is 4.41. The van der Waals surface area contributed by atoms with Gasteiger partial charge in [0.1, 0.15) is 5.82 Å². The van der Waals surface area contributed by atoms with Gasteiger partial charge in [-0.2, -0.15) is 0 Å². The molecule has 0 radical (unpaired) electrons.